The number of aliphatic hydroxyl groups excluding tert-OH is 1. The molecule has 2 N–H and O–H groups in total. The fraction of sp³-hybridized carbons (Fsp3) is 0.400. The molecule has 1 aromatic carbocycles. The van der Waals surface area contributed by atoms with Crippen molar-refractivity contribution < 1.29 is 9.50 Å². The highest BCUT2D eigenvalue weighted by Crippen LogP contribution is 2.19. The summed E-state index contributed by atoms with van der Waals surface area (Å²) in [5.41, 5.74) is 0.852. The van der Waals surface area contributed by atoms with Crippen LogP contribution in [0.25, 0.3) is 0 Å². The Bertz CT molecular complexity index is 304. The van der Waals surface area contributed by atoms with Gasteiger partial charge < -0.3 is 10.4 Å². The van der Waals surface area contributed by atoms with Gasteiger partial charge in [0.05, 0.1) is 10.6 Å². The molecule has 0 aliphatic carbocycles. The Hall–Kier alpha value is -0.450. The predicted molar refractivity (Wildman–Crippen MR) is 57.5 cm³/mol. The molecule has 0 bridgehead atoms. The van der Waals surface area contributed by atoms with E-state index in [4.69, 9.17) is 5.11 Å². The van der Waals surface area contributed by atoms with Gasteiger partial charge in [-0.05, 0) is 34.5 Å². The molecule has 0 aliphatic rings. The Kier molecular flexibility index (Phi) is 4.51. The van der Waals surface area contributed by atoms with Crippen LogP contribution >= 0.6 is 15.9 Å². The summed E-state index contributed by atoms with van der Waals surface area (Å²) in [5.74, 6) is -0.263. The van der Waals surface area contributed by atoms with Gasteiger partial charge in [-0.3, -0.25) is 0 Å². The summed E-state index contributed by atoms with van der Waals surface area (Å²) in [6.07, 6.45) is -0.387. The largest absolute Gasteiger partial charge is 0.392 e. The maximum Gasteiger partial charge on any atom is 0.137 e. The van der Waals surface area contributed by atoms with E-state index in [2.05, 4.69) is 21.2 Å². The van der Waals surface area contributed by atoms with E-state index in [1.165, 1.54) is 6.07 Å². The van der Waals surface area contributed by atoms with Gasteiger partial charge in [-0.15, -0.1) is 0 Å². The van der Waals surface area contributed by atoms with Crippen molar-refractivity contribution in [3.8, 4) is 0 Å². The SMILES string of the molecule is CC(O)CNCc1cccc(F)c1Br. The molecule has 0 aliphatic heterocycles. The quantitative estimate of drug-likeness (QED) is 0.870. The van der Waals surface area contributed by atoms with Crippen molar-refractivity contribution in [2.24, 2.45) is 0 Å². The zero-order chi connectivity index (χ0) is 10.6. The molecule has 0 spiro atoms. The second-order valence-corrected chi connectivity index (χ2v) is 3.99. The van der Waals surface area contributed by atoms with Crippen LogP contribution in [0, 0.1) is 5.82 Å². The zero-order valence-electron chi connectivity index (χ0n) is 7.93. The lowest BCUT2D eigenvalue weighted by Crippen LogP contribution is -2.24. The summed E-state index contributed by atoms with van der Waals surface area (Å²) in [4.78, 5) is 0. The number of rotatable bonds is 4. The van der Waals surface area contributed by atoms with Crippen molar-refractivity contribution in [2.45, 2.75) is 19.6 Å². The summed E-state index contributed by atoms with van der Waals surface area (Å²) in [6, 6.07) is 4.91. The van der Waals surface area contributed by atoms with Crippen LogP contribution in [-0.2, 0) is 6.54 Å². The number of aliphatic hydroxyl groups is 1. The van der Waals surface area contributed by atoms with Gasteiger partial charge in [0.2, 0.25) is 0 Å². The van der Waals surface area contributed by atoms with Crippen molar-refractivity contribution in [2.75, 3.05) is 6.54 Å². The number of nitrogens with one attached hydrogen (secondary N) is 1. The van der Waals surface area contributed by atoms with Gasteiger partial charge in [0.25, 0.3) is 0 Å². The van der Waals surface area contributed by atoms with E-state index in [9.17, 15) is 4.39 Å². The minimum Gasteiger partial charge on any atom is -0.392 e. The fourth-order valence-corrected chi connectivity index (χ4v) is 1.51. The van der Waals surface area contributed by atoms with Gasteiger partial charge in [0.1, 0.15) is 5.82 Å². The molecule has 0 heterocycles. The molecule has 14 heavy (non-hydrogen) atoms. The van der Waals surface area contributed by atoms with Crippen molar-refractivity contribution in [1.82, 2.24) is 5.32 Å². The number of benzene rings is 1. The minimum atomic E-state index is -0.387. The smallest absolute Gasteiger partial charge is 0.137 e. The molecule has 0 aromatic heterocycles. The molecule has 0 radical (unpaired) electrons. The Balaban J connectivity index is 2.54. The zero-order valence-corrected chi connectivity index (χ0v) is 9.51. The first-order valence-electron chi connectivity index (χ1n) is 4.43. The lowest BCUT2D eigenvalue weighted by atomic mass is 10.2. The van der Waals surface area contributed by atoms with E-state index in [1.807, 2.05) is 6.07 Å². The lowest BCUT2D eigenvalue weighted by molar-refractivity contribution is 0.191. The van der Waals surface area contributed by atoms with E-state index >= 15 is 0 Å². The Morgan fingerprint density at radius 1 is 1.57 bits per heavy atom. The number of halogens is 2. The third-order valence-corrected chi connectivity index (χ3v) is 2.67. The average Bonchev–Trinajstić information content (AvgIpc) is 2.12. The van der Waals surface area contributed by atoms with Crippen molar-refractivity contribution in [3.05, 3.63) is 34.1 Å². The Morgan fingerprint density at radius 2 is 2.29 bits per heavy atom. The lowest BCUT2D eigenvalue weighted by Gasteiger charge is -2.08. The molecule has 1 aromatic rings. The maximum absolute atomic E-state index is 13.0. The van der Waals surface area contributed by atoms with Crippen LogP contribution in [0.3, 0.4) is 0 Å². The molecule has 1 rings (SSSR count). The summed E-state index contributed by atoms with van der Waals surface area (Å²) in [7, 11) is 0. The fourth-order valence-electron chi connectivity index (χ4n) is 1.10. The van der Waals surface area contributed by atoms with Gasteiger partial charge >= 0.3 is 0 Å². The van der Waals surface area contributed by atoms with Crippen LogP contribution in [0.15, 0.2) is 22.7 Å². The standard InChI is InChI=1S/C10H13BrFNO/c1-7(14)5-13-6-8-3-2-4-9(12)10(8)11/h2-4,7,13-14H,5-6H2,1H3. The maximum atomic E-state index is 13.0. The molecule has 0 amide bonds. The van der Waals surface area contributed by atoms with Gasteiger partial charge in [-0.2, -0.15) is 0 Å². The third kappa shape index (κ3) is 3.36. The van der Waals surface area contributed by atoms with Gasteiger partial charge in [0, 0.05) is 13.1 Å². The first-order chi connectivity index (χ1) is 6.61. The van der Waals surface area contributed by atoms with Crippen molar-refractivity contribution >= 4 is 15.9 Å². The average molecular weight is 262 g/mol. The molecule has 2 nitrogen and oxygen atoms in total. The molecule has 4 heteroatoms. The first kappa shape index (κ1) is 11.6. The Labute approximate surface area is 91.3 Å². The van der Waals surface area contributed by atoms with Crippen molar-refractivity contribution in [1.29, 1.82) is 0 Å². The van der Waals surface area contributed by atoms with Crippen molar-refractivity contribution in [3.63, 3.8) is 0 Å². The van der Waals surface area contributed by atoms with Gasteiger partial charge in [-0.1, -0.05) is 12.1 Å². The predicted octanol–water partition coefficient (Wildman–Crippen LogP) is 2.06. The van der Waals surface area contributed by atoms with Crippen LogP contribution in [0.4, 0.5) is 4.39 Å². The van der Waals surface area contributed by atoms with E-state index in [1.54, 1.807) is 13.0 Å². The first-order valence-corrected chi connectivity index (χ1v) is 5.22. The summed E-state index contributed by atoms with van der Waals surface area (Å²) in [5, 5.41) is 12.0. The van der Waals surface area contributed by atoms with Crippen LogP contribution in [0.5, 0.6) is 0 Å². The highest BCUT2D eigenvalue weighted by Gasteiger charge is 2.04. The minimum absolute atomic E-state index is 0.263. The monoisotopic (exact) mass is 261 g/mol. The molecular weight excluding hydrogens is 249 g/mol. The molecule has 1 unspecified atom stereocenters. The van der Waals surface area contributed by atoms with E-state index in [0.717, 1.165) is 5.56 Å². The van der Waals surface area contributed by atoms with E-state index in [0.29, 0.717) is 17.6 Å². The molecule has 0 saturated carbocycles. The number of hydrogen-bond acceptors (Lipinski definition) is 2. The van der Waals surface area contributed by atoms with Gasteiger partial charge in [-0.25, -0.2) is 4.39 Å². The molecule has 78 valence electrons. The molecule has 0 saturated heterocycles. The second kappa shape index (κ2) is 5.44. The summed E-state index contributed by atoms with van der Waals surface area (Å²) in [6.45, 7) is 2.75. The van der Waals surface area contributed by atoms with E-state index < -0.39 is 0 Å². The normalized spacial score (nSPS) is 12.9. The summed E-state index contributed by atoms with van der Waals surface area (Å²) < 4.78 is 13.5. The molecule has 0 fully saturated rings. The highest BCUT2D eigenvalue weighted by atomic mass is 79.9. The van der Waals surface area contributed by atoms with E-state index in [-0.39, 0.29) is 11.9 Å². The topological polar surface area (TPSA) is 32.3 Å². The Morgan fingerprint density at radius 3 is 2.93 bits per heavy atom. The summed E-state index contributed by atoms with van der Waals surface area (Å²) >= 11 is 3.17. The van der Waals surface area contributed by atoms with Gasteiger partial charge in [0.15, 0.2) is 0 Å². The molecule has 1 atom stereocenters. The third-order valence-electron chi connectivity index (χ3n) is 1.79. The van der Waals surface area contributed by atoms with Crippen LogP contribution < -0.4 is 5.32 Å². The molecular formula is C10H13BrFNO. The van der Waals surface area contributed by atoms with Crippen LogP contribution in [-0.4, -0.2) is 17.8 Å². The van der Waals surface area contributed by atoms with Crippen LogP contribution in [0.2, 0.25) is 0 Å². The second-order valence-electron chi connectivity index (χ2n) is 3.19. The van der Waals surface area contributed by atoms with Crippen LogP contribution in [0.1, 0.15) is 12.5 Å². The highest BCUT2D eigenvalue weighted by molar-refractivity contribution is 9.10. The number of hydrogen-bond donors (Lipinski definition) is 2.